The van der Waals surface area contributed by atoms with Gasteiger partial charge in [-0.1, -0.05) is 375 Å². The van der Waals surface area contributed by atoms with E-state index in [0.29, 0.717) is 31.6 Å². The minimum absolute atomic E-state index is 0.106. The molecule has 0 amide bonds. The van der Waals surface area contributed by atoms with Gasteiger partial charge in [0.25, 0.3) is 0 Å². The molecule has 0 saturated carbocycles. The van der Waals surface area contributed by atoms with Crippen molar-refractivity contribution in [2.45, 2.75) is 445 Å². The molecule has 0 rings (SSSR count). The number of ether oxygens (including phenoxy) is 4. The molecule has 0 aliphatic heterocycles. The zero-order valence-electron chi connectivity index (χ0n) is 65.5. The van der Waals surface area contributed by atoms with Crippen molar-refractivity contribution in [3.05, 3.63) is 0 Å². The number of rotatable bonds is 80. The summed E-state index contributed by atoms with van der Waals surface area (Å²) in [7, 11) is -9.92. The number of unbranched alkanes of at least 4 members (excludes halogenated alkanes) is 49. The minimum atomic E-state index is -4.96. The monoisotopic (exact) mass is 1470 g/mol. The van der Waals surface area contributed by atoms with Crippen LogP contribution in [0.5, 0.6) is 0 Å². The van der Waals surface area contributed by atoms with Gasteiger partial charge in [0.2, 0.25) is 0 Å². The number of phosphoric ester groups is 2. The molecule has 0 aromatic heterocycles. The topological polar surface area (TPSA) is 237 Å². The van der Waals surface area contributed by atoms with Gasteiger partial charge in [0.05, 0.1) is 26.4 Å². The summed E-state index contributed by atoms with van der Waals surface area (Å²) >= 11 is 0. The largest absolute Gasteiger partial charge is 0.472 e. The Morgan fingerprint density at radius 1 is 0.290 bits per heavy atom. The van der Waals surface area contributed by atoms with Gasteiger partial charge in [0.15, 0.2) is 12.2 Å². The Morgan fingerprint density at radius 3 is 0.760 bits per heavy atom. The molecule has 0 aromatic rings. The van der Waals surface area contributed by atoms with Crippen LogP contribution in [-0.4, -0.2) is 96.7 Å². The molecule has 0 aliphatic rings. The van der Waals surface area contributed by atoms with Crippen LogP contribution in [0, 0.1) is 11.8 Å². The lowest BCUT2D eigenvalue weighted by Gasteiger charge is -2.21. The van der Waals surface area contributed by atoms with E-state index in [1.54, 1.807) is 0 Å². The molecular weight excluding hydrogens is 1310 g/mol. The van der Waals surface area contributed by atoms with Crippen LogP contribution in [0.2, 0.25) is 0 Å². The Labute approximate surface area is 613 Å². The minimum Gasteiger partial charge on any atom is -0.462 e. The van der Waals surface area contributed by atoms with E-state index in [9.17, 15) is 43.2 Å². The molecule has 0 aliphatic carbocycles. The lowest BCUT2D eigenvalue weighted by atomic mass is 9.99. The summed E-state index contributed by atoms with van der Waals surface area (Å²) in [5.41, 5.74) is 0. The first kappa shape index (κ1) is 98.1. The van der Waals surface area contributed by atoms with Gasteiger partial charge in [-0.25, -0.2) is 9.13 Å². The summed E-state index contributed by atoms with van der Waals surface area (Å²) in [5, 5.41) is 10.6. The maximum absolute atomic E-state index is 13.1. The lowest BCUT2D eigenvalue weighted by molar-refractivity contribution is -0.161. The van der Waals surface area contributed by atoms with E-state index >= 15 is 0 Å². The predicted octanol–water partition coefficient (Wildman–Crippen LogP) is 24.3. The molecule has 17 nitrogen and oxygen atoms in total. The van der Waals surface area contributed by atoms with Crippen molar-refractivity contribution >= 4 is 39.5 Å². The molecule has 0 aromatic carbocycles. The summed E-state index contributed by atoms with van der Waals surface area (Å²) in [6.07, 6.45) is 62.5. The third kappa shape index (κ3) is 73.0. The van der Waals surface area contributed by atoms with Crippen molar-refractivity contribution in [1.29, 1.82) is 0 Å². The van der Waals surface area contributed by atoms with E-state index in [1.807, 2.05) is 0 Å². The standard InChI is InChI=1S/C81H158O17P2/c1-7-10-12-14-16-18-20-22-24-26-27-28-29-31-33-35-40-46-53-59-65-80(85)97-76(69-91-78(83)63-57-51-45-39-34-32-30-25-23-21-19-17-15-13-11-8-2)71-95-99(87,88)93-67-75(82)68-94-100(89,90)96-72-77(70-92-79(84)64-58-52-48-42-43-49-55-61-73(4)5)98-81(86)66-60-54-47-41-37-36-38-44-50-56-62-74(6)9-3/h73-77,82H,7-72H2,1-6H3,(H,87,88)(H,89,90)/t74?,75-,76-,77-/m1/s1. The fraction of sp³-hybridized carbons (Fsp3) is 0.951. The zero-order chi connectivity index (χ0) is 73.5. The molecule has 100 heavy (non-hydrogen) atoms. The van der Waals surface area contributed by atoms with E-state index in [-0.39, 0.29) is 25.7 Å². The SMILES string of the molecule is CCCCCCCCCCCCCCCCCCCCCCC(=O)O[C@H](COC(=O)CCCCCCCCCCCCCCCCCC)COP(=O)(O)OC[C@@H](O)COP(=O)(O)OC[C@@H](COC(=O)CCCCCCCCCC(C)C)OC(=O)CCCCCCCCCCCCC(C)CC. The van der Waals surface area contributed by atoms with E-state index < -0.39 is 97.5 Å². The Bertz CT molecular complexity index is 1930. The highest BCUT2D eigenvalue weighted by Crippen LogP contribution is 2.45. The summed E-state index contributed by atoms with van der Waals surface area (Å²) < 4.78 is 68.7. The molecule has 3 N–H and O–H groups in total. The molecule has 0 spiro atoms. The number of hydrogen-bond acceptors (Lipinski definition) is 15. The quantitative estimate of drug-likeness (QED) is 0.0222. The van der Waals surface area contributed by atoms with Crippen molar-refractivity contribution in [2.75, 3.05) is 39.6 Å². The van der Waals surface area contributed by atoms with E-state index in [2.05, 4.69) is 41.5 Å². The Kier molecular flexibility index (Phi) is 71.2. The van der Waals surface area contributed by atoms with E-state index in [0.717, 1.165) is 102 Å². The summed E-state index contributed by atoms with van der Waals surface area (Å²) in [6, 6.07) is 0. The van der Waals surface area contributed by atoms with Crippen molar-refractivity contribution < 1.29 is 80.2 Å². The molecule has 594 valence electrons. The van der Waals surface area contributed by atoms with Gasteiger partial charge in [-0.3, -0.25) is 37.3 Å². The molecule has 0 radical (unpaired) electrons. The van der Waals surface area contributed by atoms with Crippen molar-refractivity contribution in [3.63, 3.8) is 0 Å². The van der Waals surface area contributed by atoms with Crippen LogP contribution in [0.1, 0.15) is 427 Å². The highest BCUT2D eigenvalue weighted by Gasteiger charge is 2.30. The van der Waals surface area contributed by atoms with Gasteiger partial charge in [-0.15, -0.1) is 0 Å². The molecular formula is C81H158O17P2. The van der Waals surface area contributed by atoms with Gasteiger partial charge in [-0.05, 0) is 37.5 Å². The Morgan fingerprint density at radius 2 is 0.510 bits per heavy atom. The maximum atomic E-state index is 13.1. The van der Waals surface area contributed by atoms with Gasteiger partial charge in [0, 0.05) is 25.7 Å². The smallest absolute Gasteiger partial charge is 0.462 e. The Balaban J connectivity index is 5.23. The van der Waals surface area contributed by atoms with Crippen molar-refractivity contribution in [1.82, 2.24) is 0 Å². The van der Waals surface area contributed by atoms with Gasteiger partial charge in [-0.2, -0.15) is 0 Å². The fourth-order valence-corrected chi connectivity index (χ4v) is 14.1. The number of hydrogen-bond donors (Lipinski definition) is 3. The summed E-state index contributed by atoms with van der Waals surface area (Å²) in [5.74, 6) is -0.602. The van der Waals surface area contributed by atoms with Crippen LogP contribution in [0.4, 0.5) is 0 Å². The van der Waals surface area contributed by atoms with E-state index in [1.165, 1.54) is 238 Å². The van der Waals surface area contributed by atoms with Crippen LogP contribution in [0.15, 0.2) is 0 Å². The number of carbonyl (C=O) groups is 4. The van der Waals surface area contributed by atoms with Crippen LogP contribution in [-0.2, 0) is 65.4 Å². The van der Waals surface area contributed by atoms with Crippen molar-refractivity contribution in [3.8, 4) is 0 Å². The second-order valence-electron chi connectivity index (χ2n) is 29.9. The molecule has 0 heterocycles. The highest BCUT2D eigenvalue weighted by molar-refractivity contribution is 7.47. The summed E-state index contributed by atoms with van der Waals surface area (Å²) in [4.78, 5) is 73.0. The molecule has 6 atom stereocenters. The lowest BCUT2D eigenvalue weighted by Crippen LogP contribution is -2.30. The normalized spacial score (nSPS) is 14.2. The average Bonchev–Trinajstić information content (AvgIpc) is 0.954. The molecule has 19 heteroatoms. The zero-order valence-corrected chi connectivity index (χ0v) is 67.3. The maximum Gasteiger partial charge on any atom is 0.472 e. The first-order chi connectivity index (χ1) is 48.4. The number of phosphoric acid groups is 2. The number of aliphatic hydroxyl groups is 1. The third-order valence-corrected chi connectivity index (χ3v) is 21.2. The fourth-order valence-electron chi connectivity index (χ4n) is 12.5. The van der Waals surface area contributed by atoms with Gasteiger partial charge >= 0.3 is 39.5 Å². The first-order valence-corrected chi connectivity index (χ1v) is 45.0. The second-order valence-corrected chi connectivity index (χ2v) is 32.8. The molecule has 3 unspecified atom stereocenters. The second kappa shape index (κ2) is 72.6. The van der Waals surface area contributed by atoms with Crippen molar-refractivity contribution in [2.24, 2.45) is 11.8 Å². The van der Waals surface area contributed by atoms with Gasteiger partial charge in [0.1, 0.15) is 19.3 Å². The average molecular weight is 1470 g/mol. The van der Waals surface area contributed by atoms with Crippen LogP contribution < -0.4 is 0 Å². The first-order valence-electron chi connectivity index (χ1n) is 42.0. The van der Waals surface area contributed by atoms with Gasteiger partial charge < -0.3 is 33.8 Å². The van der Waals surface area contributed by atoms with Crippen LogP contribution >= 0.6 is 15.6 Å². The molecule has 0 fully saturated rings. The molecule has 0 bridgehead atoms. The number of esters is 4. The molecule has 0 saturated heterocycles. The van der Waals surface area contributed by atoms with Crippen LogP contribution in [0.3, 0.4) is 0 Å². The van der Waals surface area contributed by atoms with E-state index in [4.69, 9.17) is 37.0 Å². The summed E-state index contributed by atoms with van der Waals surface area (Å²) in [6.45, 7) is 9.60. The number of aliphatic hydroxyl groups excluding tert-OH is 1. The highest BCUT2D eigenvalue weighted by atomic mass is 31.2. The van der Waals surface area contributed by atoms with Crippen LogP contribution in [0.25, 0.3) is 0 Å². The predicted molar refractivity (Wildman–Crippen MR) is 409 cm³/mol. The number of carbonyl (C=O) groups excluding carboxylic acids is 4. The Hall–Kier alpha value is -1.94. The third-order valence-electron chi connectivity index (χ3n) is 19.3.